The second-order valence-corrected chi connectivity index (χ2v) is 7.13. The fourth-order valence-electron chi connectivity index (χ4n) is 1.93. The van der Waals surface area contributed by atoms with Crippen LogP contribution < -0.4 is 9.46 Å². The quantitative estimate of drug-likeness (QED) is 0.710. The summed E-state index contributed by atoms with van der Waals surface area (Å²) >= 11 is 5.71. The third-order valence-electron chi connectivity index (χ3n) is 3.16. The van der Waals surface area contributed by atoms with Gasteiger partial charge in [-0.1, -0.05) is 23.7 Å². The molecule has 0 saturated carbocycles. The zero-order valence-corrected chi connectivity index (χ0v) is 14.3. The Balaban J connectivity index is 2.16. The van der Waals surface area contributed by atoms with Crippen LogP contribution in [-0.4, -0.2) is 15.0 Å². The summed E-state index contributed by atoms with van der Waals surface area (Å²) < 4.78 is 93.1. The van der Waals surface area contributed by atoms with E-state index in [-0.39, 0.29) is 17.3 Å². The highest BCUT2D eigenvalue weighted by atomic mass is 35.5. The standard InChI is InChI=1S/C15H11ClF5NO3S/c16-12-6-3-10(15(19,20)21)7-13(12)26(23,24)22-8-9-1-4-11(5-2-9)25-14(17)18/h1-7,14,22H,8H2. The summed E-state index contributed by atoms with van der Waals surface area (Å²) in [7, 11) is -4.33. The van der Waals surface area contributed by atoms with Crippen molar-refractivity contribution in [3.05, 3.63) is 58.6 Å². The highest BCUT2D eigenvalue weighted by molar-refractivity contribution is 7.89. The van der Waals surface area contributed by atoms with E-state index in [9.17, 15) is 30.4 Å². The summed E-state index contributed by atoms with van der Waals surface area (Å²) in [6.07, 6.45) is -4.73. The van der Waals surface area contributed by atoms with E-state index in [4.69, 9.17) is 11.6 Å². The summed E-state index contributed by atoms with van der Waals surface area (Å²) in [4.78, 5) is -0.716. The fourth-order valence-corrected chi connectivity index (χ4v) is 3.47. The van der Waals surface area contributed by atoms with Crippen LogP contribution in [0.5, 0.6) is 5.75 Å². The second kappa shape index (κ2) is 7.77. The minimum atomic E-state index is -4.73. The summed E-state index contributed by atoms with van der Waals surface area (Å²) in [5.74, 6) is -0.118. The van der Waals surface area contributed by atoms with Gasteiger partial charge >= 0.3 is 12.8 Å². The van der Waals surface area contributed by atoms with Crippen LogP contribution in [-0.2, 0) is 22.7 Å². The Bertz CT molecular complexity index is 870. The van der Waals surface area contributed by atoms with Gasteiger partial charge in [0, 0.05) is 6.54 Å². The molecule has 4 nitrogen and oxygen atoms in total. The first-order valence-corrected chi connectivity index (χ1v) is 8.75. The van der Waals surface area contributed by atoms with Crippen molar-refractivity contribution in [2.24, 2.45) is 0 Å². The molecule has 0 aliphatic rings. The number of ether oxygens (including phenoxy) is 1. The number of sulfonamides is 1. The molecule has 2 aromatic rings. The summed E-state index contributed by atoms with van der Waals surface area (Å²) in [6.45, 7) is -3.29. The number of nitrogens with one attached hydrogen (secondary N) is 1. The summed E-state index contributed by atoms with van der Waals surface area (Å²) in [5.41, 5.74) is -0.783. The van der Waals surface area contributed by atoms with Gasteiger partial charge in [-0.2, -0.15) is 22.0 Å². The molecular formula is C15H11ClF5NO3S. The lowest BCUT2D eigenvalue weighted by Gasteiger charge is -2.12. The maximum Gasteiger partial charge on any atom is 0.416 e. The molecule has 0 amide bonds. The molecular weight excluding hydrogens is 405 g/mol. The zero-order chi connectivity index (χ0) is 19.5. The van der Waals surface area contributed by atoms with Gasteiger partial charge in [-0.05, 0) is 35.9 Å². The molecule has 0 aromatic heterocycles. The minimum absolute atomic E-state index is 0.118. The maximum atomic E-state index is 12.7. The molecule has 26 heavy (non-hydrogen) atoms. The average molecular weight is 416 g/mol. The Morgan fingerprint density at radius 3 is 2.23 bits per heavy atom. The second-order valence-electron chi connectivity index (χ2n) is 4.99. The lowest BCUT2D eigenvalue weighted by Crippen LogP contribution is -2.24. The fraction of sp³-hybridized carbons (Fsp3) is 0.200. The minimum Gasteiger partial charge on any atom is -0.435 e. The average Bonchev–Trinajstić information content (AvgIpc) is 2.53. The SMILES string of the molecule is O=S(=O)(NCc1ccc(OC(F)F)cc1)c1cc(C(F)(F)F)ccc1Cl. The van der Waals surface area contributed by atoms with E-state index in [0.717, 1.165) is 6.07 Å². The number of hydrogen-bond donors (Lipinski definition) is 1. The molecule has 0 radical (unpaired) electrons. The molecule has 142 valence electrons. The number of rotatable bonds is 6. The van der Waals surface area contributed by atoms with Crippen LogP contribution in [0.2, 0.25) is 5.02 Å². The number of halogens is 6. The molecule has 0 atom stereocenters. The van der Waals surface area contributed by atoms with E-state index in [2.05, 4.69) is 9.46 Å². The van der Waals surface area contributed by atoms with Crippen LogP contribution in [0, 0.1) is 0 Å². The molecule has 0 aliphatic carbocycles. The first-order valence-electron chi connectivity index (χ1n) is 6.89. The van der Waals surface area contributed by atoms with Gasteiger partial charge in [0.2, 0.25) is 10.0 Å². The van der Waals surface area contributed by atoms with E-state index in [1.807, 2.05) is 0 Å². The highest BCUT2D eigenvalue weighted by Gasteiger charge is 2.32. The van der Waals surface area contributed by atoms with Crippen molar-refractivity contribution in [3.63, 3.8) is 0 Å². The van der Waals surface area contributed by atoms with Gasteiger partial charge in [0.25, 0.3) is 0 Å². The summed E-state index contributed by atoms with van der Waals surface area (Å²) in [5, 5.41) is -0.369. The lowest BCUT2D eigenvalue weighted by molar-refractivity contribution is -0.137. The molecule has 0 bridgehead atoms. The molecule has 2 rings (SSSR count). The van der Waals surface area contributed by atoms with Crippen LogP contribution in [0.3, 0.4) is 0 Å². The predicted molar refractivity (Wildman–Crippen MR) is 83.6 cm³/mol. The molecule has 1 N–H and O–H groups in total. The third-order valence-corrected chi connectivity index (χ3v) is 5.05. The largest absolute Gasteiger partial charge is 0.435 e. The van der Waals surface area contributed by atoms with Gasteiger partial charge < -0.3 is 4.74 Å². The number of alkyl halides is 5. The van der Waals surface area contributed by atoms with Gasteiger partial charge in [0.15, 0.2) is 0 Å². The topological polar surface area (TPSA) is 55.4 Å². The molecule has 0 aliphatic heterocycles. The van der Waals surface area contributed by atoms with Crippen molar-refractivity contribution in [2.75, 3.05) is 0 Å². The van der Waals surface area contributed by atoms with Crippen LogP contribution in [0.25, 0.3) is 0 Å². The maximum absolute atomic E-state index is 12.7. The van der Waals surface area contributed by atoms with Gasteiger partial charge in [-0.15, -0.1) is 0 Å². The Kier molecular flexibility index (Phi) is 6.09. The third kappa shape index (κ3) is 5.29. The van der Waals surface area contributed by atoms with Gasteiger partial charge in [0.05, 0.1) is 10.6 Å². The van der Waals surface area contributed by atoms with Gasteiger partial charge in [0.1, 0.15) is 10.6 Å². The monoisotopic (exact) mass is 415 g/mol. The molecule has 0 heterocycles. The van der Waals surface area contributed by atoms with E-state index in [1.54, 1.807) is 0 Å². The molecule has 0 saturated heterocycles. The smallest absolute Gasteiger partial charge is 0.416 e. The van der Waals surface area contributed by atoms with Crippen molar-refractivity contribution in [2.45, 2.75) is 24.2 Å². The van der Waals surface area contributed by atoms with Crippen molar-refractivity contribution in [1.29, 1.82) is 0 Å². The van der Waals surface area contributed by atoms with Crippen LogP contribution in [0.15, 0.2) is 47.4 Å². The van der Waals surface area contributed by atoms with E-state index in [1.165, 1.54) is 24.3 Å². The van der Waals surface area contributed by atoms with Gasteiger partial charge in [-0.3, -0.25) is 0 Å². The first-order chi connectivity index (χ1) is 12.0. The van der Waals surface area contributed by atoms with Crippen LogP contribution >= 0.6 is 11.6 Å². The Morgan fingerprint density at radius 1 is 1.08 bits per heavy atom. The zero-order valence-electron chi connectivity index (χ0n) is 12.7. The van der Waals surface area contributed by atoms with E-state index in [0.29, 0.717) is 17.7 Å². The van der Waals surface area contributed by atoms with Crippen molar-refractivity contribution >= 4 is 21.6 Å². The molecule has 0 unspecified atom stereocenters. The molecule has 0 spiro atoms. The van der Waals surface area contributed by atoms with Crippen molar-refractivity contribution in [1.82, 2.24) is 4.72 Å². The van der Waals surface area contributed by atoms with Crippen LogP contribution in [0.1, 0.15) is 11.1 Å². The van der Waals surface area contributed by atoms with Crippen LogP contribution in [0.4, 0.5) is 22.0 Å². The van der Waals surface area contributed by atoms with E-state index >= 15 is 0 Å². The first kappa shape index (κ1) is 20.4. The number of benzene rings is 2. The molecule has 11 heteroatoms. The predicted octanol–water partition coefficient (Wildman–Crippen LogP) is 4.44. The van der Waals surface area contributed by atoms with Crippen molar-refractivity contribution in [3.8, 4) is 5.75 Å². The van der Waals surface area contributed by atoms with Crippen molar-refractivity contribution < 1.29 is 35.1 Å². The Hall–Kier alpha value is -1.91. The Labute approximate surface area is 150 Å². The highest BCUT2D eigenvalue weighted by Crippen LogP contribution is 2.33. The molecule has 2 aromatic carbocycles. The summed E-state index contributed by atoms with van der Waals surface area (Å²) in [6, 6.07) is 7.00. The number of hydrogen-bond acceptors (Lipinski definition) is 3. The molecule has 0 fully saturated rings. The van der Waals surface area contributed by atoms with Gasteiger partial charge in [-0.25, -0.2) is 13.1 Å². The normalized spacial score (nSPS) is 12.4. The van der Waals surface area contributed by atoms with E-state index < -0.39 is 33.3 Å². The lowest BCUT2D eigenvalue weighted by atomic mass is 10.2. The Morgan fingerprint density at radius 2 is 1.69 bits per heavy atom.